The Kier molecular flexibility index (Phi) is 6.77. The number of fused-ring (bicyclic) bond motifs is 2. The molecule has 15 heteroatoms. The predicted octanol–water partition coefficient (Wildman–Crippen LogP) is 1.42. The van der Waals surface area contributed by atoms with Crippen molar-refractivity contribution in [3.63, 3.8) is 0 Å². The van der Waals surface area contributed by atoms with Gasteiger partial charge in [0.15, 0.2) is 12.4 Å². The van der Waals surface area contributed by atoms with E-state index in [9.17, 15) is 45.1 Å². The summed E-state index contributed by atoms with van der Waals surface area (Å²) in [4.78, 5) is 24.2. The van der Waals surface area contributed by atoms with Crippen molar-refractivity contribution in [2.24, 2.45) is 17.8 Å². The van der Waals surface area contributed by atoms with Crippen LogP contribution in [0.5, 0.6) is 0 Å². The minimum absolute atomic E-state index is 0.0268. The molecule has 1 aliphatic carbocycles. The van der Waals surface area contributed by atoms with E-state index in [1.54, 1.807) is 0 Å². The van der Waals surface area contributed by atoms with E-state index in [4.69, 9.17) is 14.0 Å². The molecule has 1 saturated carbocycles. The first-order valence-electron chi connectivity index (χ1n) is 8.71. The van der Waals surface area contributed by atoms with Gasteiger partial charge in [-0.2, -0.15) is 30.4 Å². The number of carbonyl (C=O) groups excluding carboxylic acids is 2. The molecule has 0 aromatic heterocycles. The van der Waals surface area contributed by atoms with Gasteiger partial charge >= 0.3 is 33.5 Å². The molecular formula is C16H19F5O9S. The largest absolute Gasteiger partial charge is 0.453 e. The van der Waals surface area contributed by atoms with Gasteiger partial charge < -0.3 is 19.3 Å². The Morgan fingerprint density at radius 2 is 1.77 bits per heavy atom. The molecule has 0 radical (unpaired) electrons. The van der Waals surface area contributed by atoms with Gasteiger partial charge in [0.2, 0.25) is 0 Å². The minimum Gasteiger partial charge on any atom is -0.453 e. The lowest BCUT2D eigenvalue weighted by atomic mass is 9.87. The van der Waals surface area contributed by atoms with Gasteiger partial charge in [-0.15, -0.1) is 0 Å². The standard InChI is InChI=1S/C16H19F5O9S/c1-5(2)11(22)29-10-7-4-6(3)9(28-13(10)24)8(7)12(23)30-14(15(17,18)19)16(20,21)31(25,26)27/h6-10,13-14,24H,1,4H2,2-3H3,(H,25,26,27). The third-order valence-electron chi connectivity index (χ3n) is 5.06. The molecule has 2 fully saturated rings. The molecule has 9 nitrogen and oxygen atoms in total. The number of esters is 2. The molecule has 2 rings (SSSR count). The van der Waals surface area contributed by atoms with Crippen molar-refractivity contribution in [2.45, 2.75) is 56.3 Å². The molecule has 2 N–H and O–H groups in total. The van der Waals surface area contributed by atoms with Crippen LogP contribution in [-0.4, -0.2) is 66.0 Å². The Morgan fingerprint density at radius 3 is 2.23 bits per heavy atom. The molecule has 0 aromatic rings. The fraction of sp³-hybridized carbons (Fsp3) is 0.750. The van der Waals surface area contributed by atoms with Crippen LogP contribution < -0.4 is 0 Å². The van der Waals surface area contributed by atoms with Crippen LogP contribution in [0.2, 0.25) is 0 Å². The smallest absolute Gasteiger partial charge is 0.432 e. The lowest BCUT2D eigenvalue weighted by Crippen LogP contribution is -2.56. The number of halogens is 5. The number of hydrogen-bond acceptors (Lipinski definition) is 8. The molecule has 2 aliphatic rings. The monoisotopic (exact) mass is 482 g/mol. The highest BCUT2D eigenvalue weighted by molar-refractivity contribution is 7.86. The third-order valence-corrected chi connectivity index (χ3v) is 5.97. The van der Waals surface area contributed by atoms with Crippen molar-refractivity contribution in [2.75, 3.05) is 0 Å². The zero-order valence-corrected chi connectivity index (χ0v) is 16.8. The molecule has 0 aromatic carbocycles. The fourth-order valence-corrected chi connectivity index (χ4v) is 4.10. The molecule has 0 amide bonds. The van der Waals surface area contributed by atoms with E-state index in [2.05, 4.69) is 11.3 Å². The Bertz CT molecular complexity index is 856. The molecular weight excluding hydrogens is 463 g/mol. The molecule has 0 spiro atoms. The van der Waals surface area contributed by atoms with Crippen LogP contribution >= 0.6 is 0 Å². The Balaban J connectivity index is 2.36. The predicted molar refractivity (Wildman–Crippen MR) is 88.8 cm³/mol. The number of hydrogen-bond donors (Lipinski definition) is 2. The second-order valence-corrected chi connectivity index (χ2v) is 8.93. The van der Waals surface area contributed by atoms with Crippen LogP contribution in [0.25, 0.3) is 0 Å². The number of alkyl halides is 5. The highest BCUT2D eigenvalue weighted by Gasteiger charge is 2.67. The molecule has 1 saturated heterocycles. The first kappa shape index (κ1) is 25.4. The van der Waals surface area contributed by atoms with E-state index in [-0.39, 0.29) is 12.0 Å². The zero-order valence-electron chi connectivity index (χ0n) is 16.0. The van der Waals surface area contributed by atoms with Gasteiger partial charge in [-0.25, -0.2) is 4.79 Å². The summed E-state index contributed by atoms with van der Waals surface area (Å²) in [6.45, 7) is 6.06. The third kappa shape index (κ3) is 4.83. The number of aliphatic hydroxyl groups excluding tert-OH is 1. The summed E-state index contributed by atoms with van der Waals surface area (Å²) in [7, 11) is -6.61. The average Bonchev–Trinajstić information content (AvgIpc) is 2.84. The summed E-state index contributed by atoms with van der Waals surface area (Å²) in [5.41, 5.74) is -0.107. The molecule has 1 aliphatic heterocycles. The fourth-order valence-electron chi connectivity index (χ4n) is 3.65. The van der Waals surface area contributed by atoms with Crippen molar-refractivity contribution in [3.8, 4) is 0 Å². The van der Waals surface area contributed by atoms with Gasteiger partial charge in [0.1, 0.15) is 0 Å². The van der Waals surface area contributed by atoms with Crippen LogP contribution in [0.1, 0.15) is 20.3 Å². The van der Waals surface area contributed by atoms with Crippen LogP contribution in [0.15, 0.2) is 12.2 Å². The number of rotatable bonds is 6. The van der Waals surface area contributed by atoms with Crippen molar-refractivity contribution in [1.29, 1.82) is 0 Å². The molecule has 178 valence electrons. The van der Waals surface area contributed by atoms with E-state index in [1.165, 1.54) is 13.8 Å². The van der Waals surface area contributed by atoms with E-state index in [0.29, 0.717) is 0 Å². The zero-order chi connectivity index (χ0) is 24.1. The lowest BCUT2D eigenvalue weighted by molar-refractivity contribution is -0.273. The van der Waals surface area contributed by atoms with E-state index >= 15 is 0 Å². The summed E-state index contributed by atoms with van der Waals surface area (Å²) in [5.74, 6) is -6.43. The van der Waals surface area contributed by atoms with Crippen molar-refractivity contribution >= 4 is 22.1 Å². The van der Waals surface area contributed by atoms with E-state index in [0.717, 1.165) is 0 Å². The van der Waals surface area contributed by atoms with Crippen molar-refractivity contribution < 1.29 is 63.8 Å². The second kappa shape index (κ2) is 8.26. The number of ether oxygens (including phenoxy) is 3. The maximum Gasteiger partial charge on any atom is 0.432 e. The normalized spacial score (nSPS) is 32.3. The summed E-state index contributed by atoms with van der Waals surface area (Å²) >= 11 is 0. The van der Waals surface area contributed by atoms with Gasteiger partial charge in [-0.3, -0.25) is 9.35 Å². The Hall–Kier alpha value is -1.84. The quantitative estimate of drug-likeness (QED) is 0.249. The lowest BCUT2D eigenvalue weighted by Gasteiger charge is -2.39. The molecule has 31 heavy (non-hydrogen) atoms. The van der Waals surface area contributed by atoms with Gasteiger partial charge in [0.25, 0.3) is 6.10 Å². The first-order chi connectivity index (χ1) is 13.9. The second-order valence-electron chi connectivity index (χ2n) is 7.44. The van der Waals surface area contributed by atoms with Crippen LogP contribution in [0, 0.1) is 17.8 Å². The summed E-state index contributed by atoms with van der Waals surface area (Å²) in [5, 5.41) is 4.15. The number of aliphatic hydroxyl groups is 1. The SMILES string of the molecule is C=C(C)C(=O)OC1C(O)OC2C(C)CC1C2C(=O)OC(C(F)(F)F)C(F)(F)S(=O)(=O)O. The van der Waals surface area contributed by atoms with Crippen LogP contribution in [0.3, 0.4) is 0 Å². The van der Waals surface area contributed by atoms with Crippen LogP contribution in [0.4, 0.5) is 22.0 Å². The molecule has 7 atom stereocenters. The minimum atomic E-state index is -6.61. The topological polar surface area (TPSA) is 136 Å². The molecule has 2 bridgehead atoms. The number of carbonyl (C=O) groups is 2. The van der Waals surface area contributed by atoms with Gasteiger partial charge in [-0.1, -0.05) is 13.5 Å². The molecule has 1 heterocycles. The van der Waals surface area contributed by atoms with Crippen molar-refractivity contribution in [1.82, 2.24) is 0 Å². The van der Waals surface area contributed by atoms with Crippen LogP contribution in [-0.2, 0) is 33.9 Å². The maximum absolute atomic E-state index is 13.7. The van der Waals surface area contributed by atoms with Gasteiger partial charge in [0, 0.05) is 11.5 Å². The summed E-state index contributed by atoms with van der Waals surface area (Å²) < 4.78 is 111. The Morgan fingerprint density at radius 1 is 1.23 bits per heavy atom. The first-order valence-corrected chi connectivity index (χ1v) is 10.2. The average molecular weight is 482 g/mol. The van der Waals surface area contributed by atoms with Gasteiger partial charge in [-0.05, 0) is 19.3 Å². The van der Waals surface area contributed by atoms with Crippen molar-refractivity contribution in [3.05, 3.63) is 12.2 Å². The Labute approximate surface area is 172 Å². The molecule has 7 unspecified atom stereocenters. The summed E-state index contributed by atoms with van der Waals surface area (Å²) in [6, 6.07) is 0. The summed E-state index contributed by atoms with van der Waals surface area (Å²) in [6.07, 6.45) is -15.2. The highest BCUT2D eigenvalue weighted by atomic mass is 32.2. The highest BCUT2D eigenvalue weighted by Crippen LogP contribution is 2.48. The van der Waals surface area contributed by atoms with E-state index < -0.39 is 75.8 Å². The maximum atomic E-state index is 13.7. The van der Waals surface area contributed by atoms with Gasteiger partial charge in [0.05, 0.1) is 12.0 Å². The van der Waals surface area contributed by atoms with E-state index in [1.807, 2.05) is 0 Å².